The van der Waals surface area contributed by atoms with Gasteiger partial charge < -0.3 is 9.42 Å². The number of nitrogens with one attached hydrogen (secondary N) is 1. The molecule has 2 aromatic rings. The van der Waals surface area contributed by atoms with E-state index >= 15 is 0 Å². The molecule has 4 atom stereocenters. The molecule has 8 heteroatoms. The fraction of sp³-hybridized carbons (Fsp3) is 0.571. The second-order valence-corrected chi connectivity index (χ2v) is 10.2. The Morgan fingerprint density at radius 3 is 2.76 bits per heavy atom. The largest absolute Gasteiger partial charge is 0.360 e. The molecule has 5 rings (SSSR count). The lowest BCUT2D eigenvalue weighted by Gasteiger charge is -2.50. The van der Waals surface area contributed by atoms with Crippen molar-refractivity contribution in [3.8, 4) is 0 Å². The zero-order valence-corrected chi connectivity index (χ0v) is 17.9. The van der Waals surface area contributed by atoms with Crippen molar-refractivity contribution in [2.75, 3.05) is 33.2 Å². The molecule has 0 spiro atoms. The number of nitrogens with zero attached hydrogens (tertiary/aromatic N) is 3. The maximum Gasteiger partial charge on any atom is 0.245 e. The van der Waals surface area contributed by atoms with E-state index in [-0.39, 0.29) is 10.9 Å². The molecular weight excluding hydrogens is 388 g/mol. The van der Waals surface area contributed by atoms with E-state index < -0.39 is 10.0 Å². The van der Waals surface area contributed by atoms with Gasteiger partial charge in [0, 0.05) is 32.2 Å². The summed E-state index contributed by atoms with van der Waals surface area (Å²) in [5, 5.41) is 3.58. The summed E-state index contributed by atoms with van der Waals surface area (Å²) in [4.78, 5) is 5.01. The highest BCUT2D eigenvalue weighted by molar-refractivity contribution is 7.89. The van der Waals surface area contributed by atoms with Gasteiger partial charge in [-0.25, -0.2) is 13.1 Å². The normalized spacial score (nSPS) is 26.9. The van der Waals surface area contributed by atoms with Crippen LogP contribution in [0.3, 0.4) is 0 Å². The molecule has 4 heterocycles. The van der Waals surface area contributed by atoms with Crippen LogP contribution in [0.5, 0.6) is 0 Å². The Balaban J connectivity index is 1.30. The third-order valence-corrected chi connectivity index (χ3v) is 7.88. The highest BCUT2D eigenvalue weighted by atomic mass is 32.2. The number of aromatic nitrogens is 1. The average Bonchev–Trinajstić information content (AvgIpc) is 3.15. The van der Waals surface area contributed by atoms with Gasteiger partial charge in [-0.2, -0.15) is 0 Å². The number of piperidine rings is 3. The second kappa shape index (κ2) is 8.55. The maximum absolute atomic E-state index is 12.5. The predicted molar refractivity (Wildman–Crippen MR) is 111 cm³/mol. The van der Waals surface area contributed by atoms with Crippen LogP contribution in [0.25, 0.3) is 0 Å². The van der Waals surface area contributed by atoms with Crippen LogP contribution in [-0.4, -0.2) is 62.6 Å². The second-order valence-electron chi connectivity index (χ2n) is 8.47. The smallest absolute Gasteiger partial charge is 0.245 e. The van der Waals surface area contributed by atoms with E-state index in [0.717, 1.165) is 32.6 Å². The van der Waals surface area contributed by atoms with Crippen molar-refractivity contribution in [1.29, 1.82) is 0 Å². The van der Waals surface area contributed by atoms with Crippen molar-refractivity contribution in [2.45, 2.75) is 37.2 Å². The molecule has 1 N–H and O–H groups in total. The van der Waals surface area contributed by atoms with Crippen LogP contribution in [0.1, 0.15) is 24.2 Å². The molecule has 3 fully saturated rings. The molecule has 0 radical (unpaired) electrons. The lowest BCUT2D eigenvalue weighted by atomic mass is 9.75. The maximum atomic E-state index is 12.5. The molecule has 3 aliphatic rings. The molecule has 1 unspecified atom stereocenters. The first-order valence-electron chi connectivity index (χ1n) is 10.3. The van der Waals surface area contributed by atoms with Gasteiger partial charge in [-0.05, 0) is 50.8 Å². The Morgan fingerprint density at radius 1 is 1.31 bits per heavy atom. The van der Waals surface area contributed by atoms with Gasteiger partial charge in [-0.1, -0.05) is 35.5 Å². The molecule has 0 amide bonds. The lowest BCUT2D eigenvalue weighted by molar-refractivity contribution is -0.00822. The molecule has 2 bridgehead atoms. The van der Waals surface area contributed by atoms with Gasteiger partial charge in [0.15, 0.2) is 5.76 Å². The Labute approximate surface area is 173 Å². The summed E-state index contributed by atoms with van der Waals surface area (Å²) in [6.45, 7) is 6.20. The standard InChI is InChI=1S/C21H30N4O3S/c1-16-21(12-22-28-16)29(26,27)23-11-20-10-18-8-9-25(20)15-19(18)14-24(2)13-17-6-4-3-5-7-17/h3-7,12,18-20,23H,8-11,13-15H2,1-2H3/t18-,19+,20+/m1/s1. The fourth-order valence-corrected chi connectivity index (χ4v) is 6.02. The third-order valence-electron chi connectivity index (χ3n) is 6.36. The third kappa shape index (κ3) is 4.71. The molecule has 0 aliphatic carbocycles. The van der Waals surface area contributed by atoms with E-state index in [2.05, 4.69) is 57.1 Å². The average molecular weight is 419 g/mol. The van der Waals surface area contributed by atoms with Gasteiger partial charge in [0.25, 0.3) is 0 Å². The van der Waals surface area contributed by atoms with Crippen molar-refractivity contribution < 1.29 is 12.9 Å². The Hall–Kier alpha value is -1.74. The quantitative estimate of drug-likeness (QED) is 0.707. The minimum Gasteiger partial charge on any atom is -0.360 e. The van der Waals surface area contributed by atoms with Gasteiger partial charge in [0.1, 0.15) is 4.90 Å². The van der Waals surface area contributed by atoms with Crippen molar-refractivity contribution in [3.63, 3.8) is 0 Å². The molecule has 29 heavy (non-hydrogen) atoms. The van der Waals surface area contributed by atoms with Crippen molar-refractivity contribution in [2.24, 2.45) is 11.8 Å². The number of hydrogen-bond donors (Lipinski definition) is 1. The zero-order chi connectivity index (χ0) is 20.4. The predicted octanol–water partition coefficient (Wildman–Crippen LogP) is 2.10. The summed E-state index contributed by atoms with van der Waals surface area (Å²) in [5.41, 5.74) is 1.34. The molecule has 158 valence electrons. The molecule has 3 saturated heterocycles. The fourth-order valence-electron chi connectivity index (χ4n) is 4.86. The van der Waals surface area contributed by atoms with E-state index in [1.165, 1.54) is 18.2 Å². The van der Waals surface area contributed by atoms with E-state index in [1.54, 1.807) is 6.92 Å². The van der Waals surface area contributed by atoms with Crippen LogP contribution in [0.4, 0.5) is 0 Å². The summed E-state index contributed by atoms with van der Waals surface area (Å²) < 4.78 is 32.7. The highest BCUT2D eigenvalue weighted by Gasteiger charge is 2.40. The first-order valence-corrected chi connectivity index (χ1v) is 11.8. The molecular formula is C21H30N4O3S. The minimum atomic E-state index is -3.57. The first-order chi connectivity index (χ1) is 13.9. The lowest BCUT2D eigenvalue weighted by Crippen LogP contribution is -2.58. The van der Waals surface area contributed by atoms with Crippen LogP contribution in [0.15, 0.2) is 45.9 Å². The van der Waals surface area contributed by atoms with Gasteiger partial charge in [0.2, 0.25) is 10.0 Å². The van der Waals surface area contributed by atoms with E-state index in [4.69, 9.17) is 4.52 Å². The van der Waals surface area contributed by atoms with Crippen LogP contribution < -0.4 is 4.72 Å². The number of sulfonamides is 1. The van der Waals surface area contributed by atoms with Crippen LogP contribution in [-0.2, 0) is 16.6 Å². The van der Waals surface area contributed by atoms with Crippen molar-refractivity contribution in [3.05, 3.63) is 47.9 Å². The van der Waals surface area contributed by atoms with Crippen LogP contribution in [0, 0.1) is 18.8 Å². The first kappa shape index (κ1) is 20.5. The molecule has 7 nitrogen and oxygen atoms in total. The number of hydrogen-bond acceptors (Lipinski definition) is 6. The van der Waals surface area contributed by atoms with E-state index in [1.807, 2.05) is 0 Å². The highest BCUT2D eigenvalue weighted by Crippen LogP contribution is 2.36. The van der Waals surface area contributed by atoms with Gasteiger partial charge >= 0.3 is 0 Å². The minimum absolute atomic E-state index is 0.133. The summed E-state index contributed by atoms with van der Waals surface area (Å²) in [5.74, 6) is 1.63. The van der Waals surface area contributed by atoms with Gasteiger partial charge in [-0.15, -0.1) is 0 Å². The number of fused-ring (bicyclic) bond motifs is 3. The van der Waals surface area contributed by atoms with E-state index in [0.29, 0.717) is 24.1 Å². The molecule has 3 aliphatic heterocycles. The van der Waals surface area contributed by atoms with Crippen molar-refractivity contribution in [1.82, 2.24) is 19.7 Å². The van der Waals surface area contributed by atoms with Crippen LogP contribution in [0.2, 0.25) is 0 Å². The Bertz CT molecular complexity index is 915. The monoisotopic (exact) mass is 418 g/mol. The molecule has 1 aromatic heterocycles. The zero-order valence-electron chi connectivity index (χ0n) is 17.1. The number of aryl methyl sites for hydroxylation is 1. The summed E-state index contributed by atoms with van der Waals surface area (Å²) >= 11 is 0. The number of benzene rings is 1. The topological polar surface area (TPSA) is 78.7 Å². The summed E-state index contributed by atoms with van der Waals surface area (Å²) in [6.07, 6.45) is 3.52. The Kier molecular flexibility index (Phi) is 6.06. The molecule has 0 saturated carbocycles. The SMILES string of the molecule is Cc1oncc1S(=O)(=O)NC[C@@H]1C[C@H]2CCN1C[C@@H]2CN(C)Cc1ccccc1. The molecule has 1 aromatic carbocycles. The van der Waals surface area contributed by atoms with Gasteiger partial charge in [0.05, 0.1) is 6.20 Å². The van der Waals surface area contributed by atoms with Crippen molar-refractivity contribution >= 4 is 10.0 Å². The Morgan fingerprint density at radius 2 is 2.10 bits per heavy atom. The van der Waals surface area contributed by atoms with Crippen LogP contribution >= 0.6 is 0 Å². The summed E-state index contributed by atoms with van der Waals surface area (Å²) in [6, 6.07) is 10.8. The summed E-state index contributed by atoms with van der Waals surface area (Å²) in [7, 11) is -1.38. The number of rotatable bonds is 8. The van der Waals surface area contributed by atoms with Gasteiger partial charge in [-0.3, -0.25) is 4.90 Å². The van der Waals surface area contributed by atoms with E-state index in [9.17, 15) is 8.42 Å².